The summed E-state index contributed by atoms with van der Waals surface area (Å²) in [6.07, 6.45) is 4.10. The maximum atomic E-state index is 12.5. The molecular weight excluding hydrogens is 374 g/mol. The molecule has 9 nitrogen and oxygen atoms in total. The standard InChI is InChI=1S/C20H21N5O4/c1-4-15(27)23-12-6-5-7-13(8-12)29-16-10-22-18-17(24-16)14(9-21-18)19(28)25-20(2,3)11-26/h4-10,26H,1,11H2,2-3H3,(H,21,22)(H,23,27)(H,25,28). The van der Waals surface area contributed by atoms with Crippen LogP contribution in [-0.4, -0.2) is 44.0 Å². The van der Waals surface area contributed by atoms with Crippen molar-refractivity contribution < 1.29 is 19.4 Å². The Morgan fingerprint density at radius 1 is 1.38 bits per heavy atom. The van der Waals surface area contributed by atoms with Gasteiger partial charge in [-0.05, 0) is 32.1 Å². The van der Waals surface area contributed by atoms with E-state index in [4.69, 9.17) is 4.74 Å². The van der Waals surface area contributed by atoms with E-state index in [0.717, 1.165) is 0 Å². The zero-order chi connectivity index (χ0) is 21.0. The van der Waals surface area contributed by atoms with Gasteiger partial charge in [-0.25, -0.2) is 9.97 Å². The van der Waals surface area contributed by atoms with Crippen molar-refractivity contribution in [1.29, 1.82) is 0 Å². The highest BCUT2D eigenvalue weighted by Crippen LogP contribution is 2.25. The van der Waals surface area contributed by atoms with Crippen LogP contribution in [-0.2, 0) is 4.79 Å². The summed E-state index contributed by atoms with van der Waals surface area (Å²) in [5.74, 6) is -0.115. The number of nitrogens with zero attached hydrogens (tertiary/aromatic N) is 2. The number of benzene rings is 1. The maximum Gasteiger partial charge on any atom is 0.255 e. The molecule has 0 spiro atoms. The molecule has 0 unspecified atom stereocenters. The number of ether oxygens (including phenoxy) is 1. The summed E-state index contributed by atoms with van der Waals surface area (Å²) in [6, 6.07) is 6.75. The Morgan fingerprint density at radius 3 is 2.90 bits per heavy atom. The molecule has 0 aliphatic carbocycles. The molecule has 4 N–H and O–H groups in total. The maximum absolute atomic E-state index is 12.5. The van der Waals surface area contributed by atoms with E-state index >= 15 is 0 Å². The number of aromatic amines is 1. The lowest BCUT2D eigenvalue weighted by Gasteiger charge is -2.23. The fourth-order valence-corrected chi connectivity index (χ4v) is 2.46. The first-order chi connectivity index (χ1) is 13.8. The van der Waals surface area contributed by atoms with Gasteiger partial charge in [0.2, 0.25) is 11.8 Å². The zero-order valence-electron chi connectivity index (χ0n) is 16.0. The fourth-order valence-electron chi connectivity index (χ4n) is 2.46. The molecule has 3 rings (SSSR count). The number of amides is 2. The average Bonchev–Trinajstić information content (AvgIpc) is 3.11. The van der Waals surface area contributed by atoms with Crippen LogP contribution < -0.4 is 15.4 Å². The highest BCUT2D eigenvalue weighted by Gasteiger charge is 2.23. The van der Waals surface area contributed by atoms with Gasteiger partial charge in [-0.3, -0.25) is 9.59 Å². The molecule has 0 radical (unpaired) electrons. The van der Waals surface area contributed by atoms with Crippen LogP contribution in [0.2, 0.25) is 0 Å². The minimum absolute atomic E-state index is 0.180. The smallest absolute Gasteiger partial charge is 0.255 e. The van der Waals surface area contributed by atoms with E-state index in [1.165, 1.54) is 18.5 Å². The normalized spacial score (nSPS) is 11.1. The molecule has 3 aromatic rings. The van der Waals surface area contributed by atoms with E-state index in [-0.39, 0.29) is 24.0 Å². The van der Waals surface area contributed by atoms with Gasteiger partial charge in [0.05, 0.1) is 23.9 Å². The van der Waals surface area contributed by atoms with Gasteiger partial charge in [0, 0.05) is 18.0 Å². The lowest BCUT2D eigenvalue weighted by atomic mass is 10.1. The molecule has 9 heteroatoms. The summed E-state index contributed by atoms with van der Waals surface area (Å²) in [7, 11) is 0. The first-order valence-corrected chi connectivity index (χ1v) is 8.80. The van der Waals surface area contributed by atoms with Gasteiger partial charge in [0.15, 0.2) is 5.65 Å². The third kappa shape index (κ3) is 4.77. The van der Waals surface area contributed by atoms with Crippen LogP contribution in [0, 0.1) is 0 Å². The lowest BCUT2D eigenvalue weighted by Crippen LogP contribution is -2.46. The van der Waals surface area contributed by atoms with Gasteiger partial charge >= 0.3 is 0 Å². The second kappa shape index (κ2) is 8.11. The van der Waals surface area contributed by atoms with Gasteiger partial charge in [-0.15, -0.1) is 0 Å². The van der Waals surface area contributed by atoms with Crippen molar-refractivity contribution in [3.8, 4) is 11.6 Å². The number of hydrogen-bond acceptors (Lipinski definition) is 6. The Kier molecular flexibility index (Phi) is 5.60. The summed E-state index contributed by atoms with van der Waals surface area (Å²) < 4.78 is 5.73. The number of anilines is 1. The van der Waals surface area contributed by atoms with Gasteiger partial charge in [-0.1, -0.05) is 12.6 Å². The molecule has 150 valence electrons. The molecule has 0 aliphatic rings. The monoisotopic (exact) mass is 395 g/mol. The number of fused-ring (bicyclic) bond motifs is 1. The molecule has 0 atom stereocenters. The van der Waals surface area contributed by atoms with Crippen molar-refractivity contribution >= 4 is 28.7 Å². The molecule has 2 aromatic heterocycles. The van der Waals surface area contributed by atoms with Crippen molar-refractivity contribution in [1.82, 2.24) is 20.3 Å². The number of nitrogens with one attached hydrogen (secondary N) is 3. The Labute approximate surface area is 166 Å². The topological polar surface area (TPSA) is 129 Å². The molecule has 2 heterocycles. The van der Waals surface area contributed by atoms with Crippen LogP contribution in [0.5, 0.6) is 11.6 Å². The average molecular weight is 395 g/mol. The number of rotatable bonds is 7. The number of aliphatic hydroxyl groups excluding tert-OH is 1. The van der Waals surface area contributed by atoms with Gasteiger partial charge < -0.3 is 25.5 Å². The minimum Gasteiger partial charge on any atom is -0.437 e. The van der Waals surface area contributed by atoms with E-state index < -0.39 is 11.4 Å². The van der Waals surface area contributed by atoms with Crippen LogP contribution in [0.25, 0.3) is 11.2 Å². The van der Waals surface area contributed by atoms with Gasteiger partial charge in [0.1, 0.15) is 11.3 Å². The van der Waals surface area contributed by atoms with Crippen LogP contribution in [0.3, 0.4) is 0 Å². The summed E-state index contributed by atoms with van der Waals surface area (Å²) in [5, 5.41) is 14.7. The molecular formula is C20H21N5O4. The molecule has 2 amide bonds. The molecule has 0 aliphatic heterocycles. The number of carbonyl (C=O) groups excluding carboxylic acids is 2. The molecule has 0 saturated heterocycles. The van der Waals surface area contributed by atoms with Gasteiger partial charge in [-0.2, -0.15) is 0 Å². The van der Waals surface area contributed by atoms with E-state index in [9.17, 15) is 14.7 Å². The lowest BCUT2D eigenvalue weighted by molar-refractivity contribution is -0.111. The second-order valence-electron chi connectivity index (χ2n) is 6.93. The number of carbonyl (C=O) groups is 2. The number of aromatic nitrogens is 3. The number of hydrogen-bond donors (Lipinski definition) is 4. The first-order valence-electron chi connectivity index (χ1n) is 8.80. The molecule has 29 heavy (non-hydrogen) atoms. The van der Waals surface area contributed by atoms with Crippen molar-refractivity contribution in [2.45, 2.75) is 19.4 Å². The third-order valence-electron chi connectivity index (χ3n) is 3.96. The quantitative estimate of drug-likeness (QED) is 0.455. The predicted octanol–water partition coefficient (Wildman–Crippen LogP) is 2.38. The Morgan fingerprint density at radius 2 is 2.17 bits per heavy atom. The fraction of sp³-hybridized carbons (Fsp3) is 0.200. The molecule has 0 fully saturated rings. The largest absolute Gasteiger partial charge is 0.437 e. The number of H-pyrrole nitrogens is 1. The Hall–Kier alpha value is -3.72. The van der Waals surface area contributed by atoms with E-state index in [0.29, 0.717) is 22.6 Å². The van der Waals surface area contributed by atoms with Crippen LogP contribution in [0.4, 0.5) is 5.69 Å². The number of aliphatic hydroxyl groups is 1. The van der Waals surface area contributed by atoms with Crippen LogP contribution in [0.1, 0.15) is 24.2 Å². The summed E-state index contributed by atoms with van der Waals surface area (Å²) in [4.78, 5) is 35.5. The predicted molar refractivity (Wildman–Crippen MR) is 108 cm³/mol. The van der Waals surface area contributed by atoms with E-state index in [2.05, 4.69) is 32.2 Å². The van der Waals surface area contributed by atoms with E-state index in [1.54, 1.807) is 38.1 Å². The third-order valence-corrected chi connectivity index (χ3v) is 3.96. The molecule has 1 aromatic carbocycles. The summed E-state index contributed by atoms with van der Waals surface area (Å²) in [5.41, 5.74) is 0.806. The van der Waals surface area contributed by atoms with Crippen molar-refractivity contribution in [2.24, 2.45) is 0 Å². The minimum atomic E-state index is -0.779. The first kappa shape index (κ1) is 20.0. The SMILES string of the molecule is C=CC(=O)Nc1cccc(Oc2cnc3[nH]cc(C(=O)NC(C)(C)CO)c3n2)c1. The highest BCUT2D eigenvalue weighted by atomic mass is 16.5. The second-order valence-corrected chi connectivity index (χ2v) is 6.93. The van der Waals surface area contributed by atoms with Gasteiger partial charge in [0.25, 0.3) is 5.91 Å². The van der Waals surface area contributed by atoms with Crippen LogP contribution >= 0.6 is 0 Å². The summed E-state index contributed by atoms with van der Waals surface area (Å²) >= 11 is 0. The summed E-state index contributed by atoms with van der Waals surface area (Å²) in [6.45, 7) is 6.61. The van der Waals surface area contributed by atoms with Crippen molar-refractivity contribution in [3.63, 3.8) is 0 Å². The highest BCUT2D eigenvalue weighted by molar-refractivity contribution is 6.04. The molecule has 0 saturated carbocycles. The van der Waals surface area contributed by atoms with Crippen LogP contribution in [0.15, 0.2) is 49.3 Å². The van der Waals surface area contributed by atoms with Crippen molar-refractivity contribution in [2.75, 3.05) is 11.9 Å². The van der Waals surface area contributed by atoms with Crippen molar-refractivity contribution in [3.05, 3.63) is 54.9 Å². The van der Waals surface area contributed by atoms with E-state index in [1.807, 2.05) is 0 Å². The molecule has 0 bridgehead atoms. The Bertz CT molecular complexity index is 1070. The Balaban J connectivity index is 1.85. The zero-order valence-corrected chi connectivity index (χ0v) is 16.0.